The maximum atomic E-state index is 11.9. The van der Waals surface area contributed by atoms with E-state index in [0.29, 0.717) is 16.7 Å². The van der Waals surface area contributed by atoms with E-state index in [0.717, 1.165) is 6.08 Å². The van der Waals surface area contributed by atoms with E-state index >= 15 is 0 Å². The van der Waals surface area contributed by atoms with Gasteiger partial charge >= 0.3 is 5.51 Å². The summed E-state index contributed by atoms with van der Waals surface area (Å²) in [5.41, 5.74) is -4.18. The molecule has 88 valence electrons. The lowest BCUT2D eigenvalue weighted by Crippen LogP contribution is -2.13. The molecule has 0 N–H and O–H groups in total. The third kappa shape index (κ3) is 3.69. The molecule has 0 fully saturated rings. The maximum absolute atomic E-state index is 11.9. The Bertz CT molecular complexity index is 396. The number of rotatable bonds is 3. The van der Waals surface area contributed by atoms with Crippen LogP contribution >= 0.6 is 0 Å². The van der Waals surface area contributed by atoms with Crippen LogP contribution in [0.1, 0.15) is 5.56 Å². The Morgan fingerprint density at radius 1 is 1.25 bits per heavy atom. The molecule has 0 radical (unpaired) electrons. The molecule has 1 atom stereocenters. The summed E-state index contributed by atoms with van der Waals surface area (Å²) in [6.07, 6.45) is 1.16. The summed E-state index contributed by atoms with van der Waals surface area (Å²) in [5.74, 6) is 0.606. The first-order valence-corrected chi connectivity index (χ1v) is 5.44. The van der Waals surface area contributed by atoms with Gasteiger partial charge in [0.15, 0.2) is 10.8 Å². The molecule has 0 aliphatic carbocycles. The minimum Gasteiger partial charge on any atom is -0.497 e. The summed E-state index contributed by atoms with van der Waals surface area (Å²) in [7, 11) is -1.47. The van der Waals surface area contributed by atoms with Crippen molar-refractivity contribution in [1.29, 1.82) is 0 Å². The van der Waals surface area contributed by atoms with Gasteiger partial charge in [0.25, 0.3) is 0 Å². The highest BCUT2D eigenvalue weighted by atomic mass is 32.2. The number of hydrogen-bond donors (Lipinski definition) is 0. The molecular formula is C10H9F3O2S. The van der Waals surface area contributed by atoms with E-state index in [1.807, 2.05) is 0 Å². The van der Waals surface area contributed by atoms with Crippen molar-refractivity contribution in [2.24, 2.45) is 0 Å². The molecule has 16 heavy (non-hydrogen) atoms. The van der Waals surface area contributed by atoms with Gasteiger partial charge in [0, 0.05) is 5.41 Å². The third-order valence-electron chi connectivity index (χ3n) is 1.73. The van der Waals surface area contributed by atoms with Crippen molar-refractivity contribution in [1.82, 2.24) is 0 Å². The zero-order chi connectivity index (χ0) is 12.2. The van der Waals surface area contributed by atoms with Gasteiger partial charge in [-0.1, -0.05) is 12.1 Å². The Kier molecular flexibility index (Phi) is 4.12. The van der Waals surface area contributed by atoms with Crippen molar-refractivity contribution in [3.8, 4) is 5.75 Å². The highest BCUT2D eigenvalue weighted by Crippen LogP contribution is 2.21. The average Bonchev–Trinajstić information content (AvgIpc) is 2.25. The van der Waals surface area contributed by atoms with Crippen molar-refractivity contribution >= 4 is 16.9 Å². The number of ether oxygens (including phenoxy) is 1. The SMILES string of the molecule is COc1ccc(/C=C/S(=O)C(F)(F)F)cc1. The van der Waals surface area contributed by atoms with Crippen LogP contribution in [0.15, 0.2) is 29.7 Å². The van der Waals surface area contributed by atoms with Gasteiger partial charge in [0.2, 0.25) is 0 Å². The zero-order valence-corrected chi connectivity index (χ0v) is 9.14. The molecule has 0 aliphatic heterocycles. The van der Waals surface area contributed by atoms with Crippen LogP contribution in [0, 0.1) is 0 Å². The van der Waals surface area contributed by atoms with E-state index < -0.39 is 16.3 Å². The van der Waals surface area contributed by atoms with E-state index in [9.17, 15) is 17.4 Å². The number of hydrogen-bond acceptors (Lipinski definition) is 2. The Balaban J connectivity index is 2.73. The van der Waals surface area contributed by atoms with Crippen LogP contribution in [0.3, 0.4) is 0 Å². The molecule has 1 aromatic carbocycles. The van der Waals surface area contributed by atoms with Crippen LogP contribution in [0.25, 0.3) is 6.08 Å². The minimum absolute atomic E-state index is 0.526. The standard InChI is InChI=1S/C10H9F3O2S/c1-15-9-4-2-8(3-5-9)6-7-16(14)10(11,12)13/h2-7H,1H3/b7-6+. The number of alkyl halides is 3. The number of benzene rings is 1. The van der Waals surface area contributed by atoms with Crippen molar-refractivity contribution in [3.63, 3.8) is 0 Å². The topological polar surface area (TPSA) is 26.3 Å². The lowest BCUT2D eigenvalue weighted by atomic mass is 10.2. The van der Waals surface area contributed by atoms with Gasteiger partial charge in [-0.05, 0) is 23.8 Å². The molecule has 0 saturated carbocycles. The fourth-order valence-corrected chi connectivity index (χ4v) is 1.37. The van der Waals surface area contributed by atoms with E-state index in [-0.39, 0.29) is 0 Å². The molecule has 0 heterocycles. The maximum Gasteiger partial charge on any atom is 0.475 e. The Labute approximate surface area is 93.2 Å². The van der Waals surface area contributed by atoms with Gasteiger partial charge in [-0.2, -0.15) is 13.2 Å². The van der Waals surface area contributed by atoms with Crippen molar-refractivity contribution in [2.75, 3.05) is 7.11 Å². The summed E-state index contributed by atoms with van der Waals surface area (Å²) in [5, 5.41) is 0.613. The van der Waals surface area contributed by atoms with Gasteiger partial charge in [-0.15, -0.1) is 0 Å². The highest BCUT2D eigenvalue weighted by molar-refractivity contribution is 7.89. The molecule has 1 rings (SSSR count). The lowest BCUT2D eigenvalue weighted by molar-refractivity contribution is -0.0374. The van der Waals surface area contributed by atoms with Crippen LogP contribution in [0.4, 0.5) is 13.2 Å². The first-order chi connectivity index (χ1) is 7.43. The largest absolute Gasteiger partial charge is 0.497 e. The molecule has 0 amide bonds. The number of methoxy groups -OCH3 is 1. The first kappa shape index (κ1) is 12.8. The molecule has 1 unspecified atom stereocenters. The van der Waals surface area contributed by atoms with E-state index in [1.165, 1.54) is 7.11 Å². The van der Waals surface area contributed by atoms with Gasteiger partial charge < -0.3 is 4.74 Å². The predicted molar refractivity (Wildman–Crippen MR) is 56.2 cm³/mol. The van der Waals surface area contributed by atoms with Gasteiger partial charge in [-0.25, -0.2) is 4.21 Å². The summed E-state index contributed by atoms with van der Waals surface area (Å²) in [6.45, 7) is 0. The normalized spacial score (nSPS) is 14.0. The Hall–Kier alpha value is -1.30. The monoisotopic (exact) mass is 250 g/mol. The predicted octanol–water partition coefficient (Wildman–Crippen LogP) is 2.93. The second-order valence-electron chi connectivity index (χ2n) is 2.82. The molecular weight excluding hydrogens is 241 g/mol. The zero-order valence-electron chi connectivity index (χ0n) is 8.32. The fraction of sp³-hybridized carbons (Fsp3) is 0.200. The molecule has 2 nitrogen and oxygen atoms in total. The summed E-state index contributed by atoms with van der Waals surface area (Å²) < 4.78 is 51.2. The van der Waals surface area contributed by atoms with Gasteiger partial charge in [-0.3, -0.25) is 0 Å². The highest BCUT2D eigenvalue weighted by Gasteiger charge is 2.34. The van der Waals surface area contributed by atoms with Gasteiger partial charge in [0.05, 0.1) is 7.11 Å². The second kappa shape index (κ2) is 5.16. The average molecular weight is 250 g/mol. The molecule has 1 aromatic rings. The summed E-state index contributed by atoms with van der Waals surface area (Å²) >= 11 is 0. The smallest absolute Gasteiger partial charge is 0.475 e. The van der Waals surface area contributed by atoms with Crippen molar-refractivity contribution in [2.45, 2.75) is 5.51 Å². The van der Waals surface area contributed by atoms with Crippen molar-refractivity contribution < 1.29 is 22.1 Å². The molecule has 0 spiro atoms. The van der Waals surface area contributed by atoms with Crippen LogP contribution in [-0.4, -0.2) is 16.8 Å². The van der Waals surface area contributed by atoms with E-state index in [4.69, 9.17) is 4.74 Å². The van der Waals surface area contributed by atoms with Crippen LogP contribution < -0.4 is 4.74 Å². The second-order valence-corrected chi connectivity index (χ2v) is 4.15. The van der Waals surface area contributed by atoms with Crippen LogP contribution in [-0.2, 0) is 10.8 Å². The quantitative estimate of drug-likeness (QED) is 0.824. The van der Waals surface area contributed by atoms with Gasteiger partial charge in [0.1, 0.15) is 5.75 Å². The fourth-order valence-electron chi connectivity index (χ4n) is 0.933. The Morgan fingerprint density at radius 2 is 1.81 bits per heavy atom. The minimum atomic E-state index is -4.71. The first-order valence-electron chi connectivity index (χ1n) is 4.23. The summed E-state index contributed by atoms with van der Waals surface area (Å²) in [6, 6.07) is 6.36. The molecule has 0 bridgehead atoms. The van der Waals surface area contributed by atoms with E-state index in [1.54, 1.807) is 24.3 Å². The molecule has 0 aliphatic rings. The third-order valence-corrected chi connectivity index (χ3v) is 2.57. The molecule has 0 aromatic heterocycles. The van der Waals surface area contributed by atoms with Crippen LogP contribution in [0.5, 0.6) is 5.75 Å². The lowest BCUT2D eigenvalue weighted by Gasteiger charge is -2.01. The van der Waals surface area contributed by atoms with Crippen LogP contribution in [0.2, 0.25) is 0 Å². The summed E-state index contributed by atoms with van der Waals surface area (Å²) in [4.78, 5) is 0. The Morgan fingerprint density at radius 3 is 2.25 bits per heavy atom. The molecule has 0 saturated heterocycles. The van der Waals surface area contributed by atoms with Crippen molar-refractivity contribution in [3.05, 3.63) is 35.2 Å². The van der Waals surface area contributed by atoms with E-state index in [2.05, 4.69) is 0 Å². The molecule has 6 heteroatoms. The number of halogens is 3.